The lowest BCUT2D eigenvalue weighted by Gasteiger charge is -2.09. The first-order valence-corrected chi connectivity index (χ1v) is 7.34. The second-order valence-corrected chi connectivity index (χ2v) is 5.08. The Morgan fingerprint density at radius 3 is 2.77 bits per heavy atom. The van der Waals surface area contributed by atoms with Gasteiger partial charge >= 0.3 is 0 Å². The lowest BCUT2D eigenvalue weighted by molar-refractivity contribution is -0.123. The Morgan fingerprint density at radius 1 is 1.18 bits per heavy atom. The van der Waals surface area contributed by atoms with Gasteiger partial charge in [-0.3, -0.25) is 4.79 Å². The van der Waals surface area contributed by atoms with Crippen LogP contribution in [-0.4, -0.2) is 26.2 Å². The van der Waals surface area contributed by atoms with Crippen molar-refractivity contribution in [3.05, 3.63) is 59.1 Å². The second kappa shape index (κ2) is 8.29. The highest BCUT2D eigenvalue weighted by Crippen LogP contribution is 2.22. The summed E-state index contributed by atoms with van der Waals surface area (Å²) in [5.74, 6) is 1.14. The average molecular weight is 320 g/mol. The number of halogens is 1. The fraction of sp³-hybridized carbons (Fsp3) is 0.235. The number of methoxy groups -OCH3 is 1. The van der Waals surface area contributed by atoms with Gasteiger partial charge in [-0.25, -0.2) is 0 Å². The number of benzene rings is 2. The molecule has 2 aromatic carbocycles. The quantitative estimate of drug-likeness (QED) is 0.853. The average Bonchev–Trinajstić information content (AvgIpc) is 2.54. The molecular weight excluding hydrogens is 302 g/mol. The smallest absolute Gasteiger partial charge is 0.257 e. The minimum Gasteiger partial charge on any atom is -0.497 e. The van der Waals surface area contributed by atoms with E-state index in [4.69, 9.17) is 21.1 Å². The number of hydrogen-bond donors (Lipinski definition) is 1. The summed E-state index contributed by atoms with van der Waals surface area (Å²) in [7, 11) is 1.63. The minimum absolute atomic E-state index is 0.0537. The predicted octanol–water partition coefficient (Wildman–Crippen LogP) is 3.09. The van der Waals surface area contributed by atoms with E-state index in [1.165, 1.54) is 0 Å². The van der Waals surface area contributed by atoms with E-state index in [1.807, 2.05) is 36.4 Å². The van der Waals surface area contributed by atoms with E-state index in [9.17, 15) is 4.79 Å². The Bertz CT molecular complexity index is 631. The van der Waals surface area contributed by atoms with Crippen LogP contribution < -0.4 is 14.8 Å². The summed E-state index contributed by atoms with van der Waals surface area (Å²) in [6.07, 6.45) is 0.731. The number of amides is 1. The zero-order chi connectivity index (χ0) is 15.8. The molecule has 0 aliphatic rings. The molecule has 1 N–H and O–H groups in total. The summed E-state index contributed by atoms with van der Waals surface area (Å²) in [5, 5.41) is 3.30. The second-order valence-electron chi connectivity index (χ2n) is 4.67. The van der Waals surface area contributed by atoms with Gasteiger partial charge in [0.1, 0.15) is 11.5 Å². The Balaban J connectivity index is 1.72. The molecule has 0 saturated carbocycles. The van der Waals surface area contributed by atoms with E-state index in [0.29, 0.717) is 17.3 Å². The lowest BCUT2D eigenvalue weighted by atomic mass is 10.1. The van der Waals surface area contributed by atoms with Gasteiger partial charge in [0.2, 0.25) is 0 Å². The van der Waals surface area contributed by atoms with E-state index in [1.54, 1.807) is 19.2 Å². The molecule has 2 aromatic rings. The van der Waals surface area contributed by atoms with E-state index in [0.717, 1.165) is 17.7 Å². The van der Waals surface area contributed by atoms with Gasteiger partial charge in [0.15, 0.2) is 6.61 Å². The molecule has 0 bridgehead atoms. The lowest BCUT2D eigenvalue weighted by Crippen LogP contribution is -2.30. The monoisotopic (exact) mass is 319 g/mol. The summed E-state index contributed by atoms with van der Waals surface area (Å²) in [6.45, 7) is 0.486. The van der Waals surface area contributed by atoms with Gasteiger partial charge in [0.25, 0.3) is 5.91 Å². The molecule has 116 valence electrons. The summed E-state index contributed by atoms with van der Waals surface area (Å²) < 4.78 is 10.5. The fourth-order valence-corrected chi connectivity index (χ4v) is 2.12. The summed E-state index contributed by atoms with van der Waals surface area (Å²) >= 11 is 5.95. The third kappa shape index (κ3) is 4.97. The van der Waals surface area contributed by atoms with E-state index in [-0.39, 0.29) is 12.5 Å². The molecule has 22 heavy (non-hydrogen) atoms. The number of ether oxygens (including phenoxy) is 2. The van der Waals surface area contributed by atoms with Crippen molar-refractivity contribution in [2.24, 2.45) is 0 Å². The van der Waals surface area contributed by atoms with Crippen LogP contribution in [-0.2, 0) is 11.2 Å². The molecule has 0 aliphatic heterocycles. The van der Waals surface area contributed by atoms with Gasteiger partial charge in [-0.15, -0.1) is 0 Å². The molecule has 0 aliphatic carbocycles. The van der Waals surface area contributed by atoms with Crippen LogP contribution in [0.3, 0.4) is 0 Å². The van der Waals surface area contributed by atoms with E-state index in [2.05, 4.69) is 5.32 Å². The van der Waals surface area contributed by atoms with Crippen molar-refractivity contribution < 1.29 is 14.3 Å². The maximum Gasteiger partial charge on any atom is 0.257 e. The third-order valence-corrected chi connectivity index (χ3v) is 3.38. The van der Waals surface area contributed by atoms with Gasteiger partial charge in [-0.2, -0.15) is 0 Å². The molecule has 2 rings (SSSR count). The van der Waals surface area contributed by atoms with Gasteiger partial charge in [0, 0.05) is 6.54 Å². The first-order chi connectivity index (χ1) is 10.7. The van der Waals surface area contributed by atoms with Crippen LogP contribution in [0.15, 0.2) is 48.5 Å². The number of carbonyl (C=O) groups is 1. The number of nitrogens with one attached hydrogen (secondary N) is 1. The Morgan fingerprint density at radius 2 is 2.00 bits per heavy atom. The van der Waals surface area contributed by atoms with Crippen molar-refractivity contribution in [3.8, 4) is 11.5 Å². The predicted molar refractivity (Wildman–Crippen MR) is 86.7 cm³/mol. The normalized spacial score (nSPS) is 10.1. The van der Waals surface area contributed by atoms with Gasteiger partial charge < -0.3 is 14.8 Å². The van der Waals surface area contributed by atoms with E-state index < -0.39 is 0 Å². The van der Waals surface area contributed by atoms with Crippen LogP contribution >= 0.6 is 11.6 Å². The minimum atomic E-state index is -0.178. The highest BCUT2D eigenvalue weighted by Gasteiger charge is 2.05. The number of rotatable bonds is 7. The van der Waals surface area contributed by atoms with Crippen LogP contribution in [0.4, 0.5) is 0 Å². The summed E-state index contributed by atoms with van der Waals surface area (Å²) in [4.78, 5) is 11.7. The molecule has 0 radical (unpaired) electrons. The van der Waals surface area contributed by atoms with Crippen LogP contribution in [0.25, 0.3) is 0 Å². The van der Waals surface area contributed by atoms with Gasteiger partial charge in [-0.05, 0) is 36.2 Å². The molecule has 0 saturated heterocycles. The molecule has 4 nitrogen and oxygen atoms in total. The van der Waals surface area contributed by atoms with Crippen molar-refractivity contribution in [1.29, 1.82) is 0 Å². The fourth-order valence-electron chi connectivity index (χ4n) is 1.93. The summed E-state index contributed by atoms with van der Waals surface area (Å²) in [5.41, 5.74) is 1.10. The third-order valence-electron chi connectivity index (χ3n) is 3.07. The van der Waals surface area contributed by atoms with Crippen LogP contribution in [0.2, 0.25) is 5.02 Å². The molecule has 0 atom stereocenters. The zero-order valence-corrected chi connectivity index (χ0v) is 13.1. The maximum absolute atomic E-state index is 11.7. The number of carbonyl (C=O) groups excluding carboxylic acids is 1. The SMILES string of the molecule is COc1cccc(CCNC(=O)COc2ccccc2Cl)c1. The van der Waals surface area contributed by atoms with Crippen molar-refractivity contribution in [2.75, 3.05) is 20.3 Å². The molecular formula is C17H18ClNO3. The largest absolute Gasteiger partial charge is 0.497 e. The highest BCUT2D eigenvalue weighted by molar-refractivity contribution is 6.32. The molecule has 1 amide bonds. The topological polar surface area (TPSA) is 47.6 Å². The van der Waals surface area contributed by atoms with Crippen LogP contribution in [0, 0.1) is 0 Å². The maximum atomic E-state index is 11.7. The standard InChI is InChI=1S/C17H18ClNO3/c1-21-14-6-4-5-13(11-14)9-10-19-17(20)12-22-16-8-3-2-7-15(16)18/h2-8,11H,9-10,12H2,1H3,(H,19,20). The van der Waals surface area contributed by atoms with Crippen molar-refractivity contribution in [2.45, 2.75) is 6.42 Å². The first kappa shape index (κ1) is 16.2. The Kier molecular flexibility index (Phi) is 6.10. The van der Waals surface area contributed by atoms with Gasteiger partial charge in [-0.1, -0.05) is 35.9 Å². The van der Waals surface area contributed by atoms with Crippen molar-refractivity contribution in [3.63, 3.8) is 0 Å². The Hall–Kier alpha value is -2.20. The molecule has 0 heterocycles. The molecule has 0 aromatic heterocycles. The van der Waals surface area contributed by atoms with E-state index >= 15 is 0 Å². The summed E-state index contributed by atoms with van der Waals surface area (Å²) in [6, 6.07) is 14.8. The van der Waals surface area contributed by atoms with Crippen LogP contribution in [0.1, 0.15) is 5.56 Å². The zero-order valence-electron chi connectivity index (χ0n) is 12.3. The Labute approximate surface area is 135 Å². The molecule has 0 fully saturated rings. The molecule has 5 heteroatoms. The van der Waals surface area contributed by atoms with Crippen molar-refractivity contribution >= 4 is 17.5 Å². The number of para-hydroxylation sites is 1. The molecule has 0 unspecified atom stereocenters. The van der Waals surface area contributed by atoms with Gasteiger partial charge in [0.05, 0.1) is 12.1 Å². The van der Waals surface area contributed by atoms with Crippen LogP contribution in [0.5, 0.6) is 11.5 Å². The van der Waals surface area contributed by atoms with Crippen molar-refractivity contribution in [1.82, 2.24) is 5.32 Å². The highest BCUT2D eigenvalue weighted by atomic mass is 35.5. The number of hydrogen-bond acceptors (Lipinski definition) is 3. The molecule has 0 spiro atoms. The first-order valence-electron chi connectivity index (χ1n) is 6.96.